The van der Waals surface area contributed by atoms with Crippen LogP contribution in [0.5, 0.6) is 0 Å². The van der Waals surface area contributed by atoms with Crippen LogP contribution in [-0.4, -0.2) is 0 Å². The SMILES string of the molecule is c1ccc2c(c1)ccc1[o+]c3c(cc12)CCCC3. The maximum absolute atomic E-state index is 6.09. The molecule has 3 aromatic rings. The normalized spacial score (nSPS) is 14.9. The summed E-state index contributed by atoms with van der Waals surface area (Å²) in [6, 6.07) is 15.1. The molecule has 1 heteroatoms. The van der Waals surface area contributed by atoms with E-state index in [1.54, 1.807) is 0 Å². The monoisotopic (exact) mass is 235 g/mol. The molecule has 1 aliphatic rings. The van der Waals surface area contributed by atoms with E-state index >= 15 is 0 Å². The molecule has 1 aliphatic carbocycles. The molecule has 0 aliphatic heterocycles. The smallest absolute Gasteiger partial charge is 0.212 e. The molecule has 4 rings (SSSR count). The van der Waals surface area contributed by atoms with Crippen molar-refractivity contribution < 1.29 is 4.42 Å². The highest BCUT2D eigenvalue weighted by Gasteiger charge is 2.22. The molecule has 0 atom stereocenters. The van der Waals surface area contributed by atoms with Gasteiger partial charge in [-0.3, -0.25) is 0 Å². The van der Waals surface area contributed by atoms with E-state index in [1.165, 1.54) is 40.3 Å². The molecule has 18 heavy (non-hydrogen) atoms. The van der Waals surface area contributed by atoms with Crippen LogP contribution in [0.15, 0.2) is 46.9 Å². The van der Waals surface area contributed by atoms with E-state index in [-0.39, 0.29) is 0 Å². The Labute approximate surface area is 106 Å². The van der Waals surface area contributed by atoms with E-state index in [1.807, 2.05) is 0 Å². The first-order chi connectivity index (χ1) is 8.92. The van der Waals surface area contributed by atoms with Crippen LogP contribution < -0.4 is 0 Å². The van der Waals surface area contributed by atoms with Crippen LogP contribution >= 0.6 is 0 Å². The van der Waals surface area contributed by atoms with Crippen molar-refractivity contribution in [2.75, 3.05) is 0 Å². The maximum Gasteiger partial charge on any atom is 0.360 e. The predicted molar refractivity (Wildman–Crippen MR) is 74.8 cm³/mol. The number of aryl methyl sites for hydroxylation is 2. The van der Waals surface area contributed by atoms with Crippen LogP contribution in [0.4, 0.5) is 0 Å². The third-order valence-electron chi connectivity index (χ3n) is 3.94. The van der Waals surface area contributed by atoms with Gasteiger partial charge in [-0.2, -0.15) is 0 Å². The minimum absolute atomic E-state index is 1.02. The molecular formula is C17H15O+. The number of fused-ring (bicyclic) bond motifs is 4. The minimum atomic E-state index is 1.02. The molecule has 0 amide bonds. The fourth-order valence-electron chi connectivity index (χ4n) is 2.99. The Morgan fingerprint density at radius 3 is 2.72 bits per heavy atom. The lowest BCUT2D eigenvalue weighted by Gasteiger charge is -2.08. The quantitative estimate of drug-likeness (QED) is 0.404. The van der Waals surface area contributed by atoms with E-state index in [0.717, 1.165) is 18.4 Å². The molecule has 0 N–H and O–H groups in total. The van der Waals surface area contributed by atoms with Crippen molar-refractivity contribution in [3.8, 4) is 0 Å². The van der Waals surface area contributed by atoms with Crippen LogP contribution in [-0.2, 0) is 12.8 Å². The van der Waals surface area contributed by atoms with Crippen LogP contribution in [0.3, 0.4) is 0 Å². The lowest BCUT2D eigenvalue weighted by Crippen LogP contribution is -2.02. The summed E-state index contributed by atoms with van der Waals surface area (Å²) in [5.74, 6) is 1.20. The van der Waals surface area contributed by atoms with Crippen molar-refractivity contribution in [2.24, 2.45) is 0 Å². The van der Waals surface area contributed by atoms with Crippen LogP contribution in [0.1, 0.15) is 24.2 Å². The van der Waals surface area contributed by atoms with Crippen molar-refractivity contribution in [3.05, 3.63) is 53.8 Å². The topological polar surface area (TPSA) is 11.3 Å². The number of rotatable bonds is 0. The fraction of sp³-hybridized carbons (Fsp3) is 0.235. The predicted octanol–water partition coefficient (Wildman–Crippen LogP) is 4.75. The number of hydrogen-bond donors (Lipinski definition) is 0. The van der Waals surface area contributed by atoms with Crippen molar-refractivity contribution in [1.29, 1.82) is 0 Å². The Kier molecular flexibility index (Phi) is 2.13. The molecule has 1 heterocycles. The molecule has 2 aromatic carbocycles. The van der Waals surface area contributed by atoms with Crippen molar-refractivity contribution in [3.63, 3.8) is 0 Å². The zero-order valence-electron chi connectivity index (χ0n) is 10.3. The fourth-order valence-corrected chi connectivity index (χ4v) is 2.99. The third kappa shape index (κ3) is 1.43. The van der Waals surface area contributed by atoms with Gasteiger partial charge in [0.2, 0.25) is 0 Å². The molecule has 1 aromatic heterocycles. The third-order valence-corrected chi connectivity index (χ3v) is 3.94. The van der Waals surface area contributed by atoms with Gasteiger partial charge in [0.05, 0.1) is 17.4 Å². The van der Waals surface area contributed by atoms with Crippen LogP contribution in [0.2, 0.25) is 0 Å². The first kappa shape index (κ1) is 10.1. The van der Waals surface area contributed by atoms with Gasteiger partial charge in [-0.15, -0.1) is 0 Å². The maximum atomic E-state index is 6.09. The van der Waals surface area contributed by atoms with Gasteiger partial charge < -0.3 is 0 Å². The van der Waals surface area contributed by atoms with Gasteiger partial charge in [0.25, 0.3) is 0 Å². The molecule has 0 radical (unpaired) electrons. The molecule has 0 fully saturated rings. The number of hydrogen-bond acceptors (Lipinski definition) is 0. The van der Waals surface area contributed by atoms with Crippen molar-refractivity contribution in [1.82, 2.24) is 0 Å². The summed E-state index contributed by atoms with van der Waals surface area (Å²) in [6.07, 6.45) is 4.81. The zero-order chi connectivity index (χ0) is 11.9. The van der Waals surface area contributed by atoms with Crippen LogP contribution in [0.25, 0.3) is 21.7 Å². The Morgan fingerprint density at radius 1 is 0.833 bits per heavy atom. The molecule has 0 bridgehead atoms. The summed E-state index contributed by atoms with van der Waals surface area (Å²) >= 11 is 0. The van der Waals surface area contributed by atoms with Gasteiger partial charge in [-0.1, -0.05) is 24.3 Å². The summed E-state index contributed by atoms with van der Waals surface area (Å²) in [7, 11) is 0. The van der Waals surface area contributed by atoms with E-state index < -0.39 is 0 Å². The second-order valence-corrected chi connectivity index (χ2v) is 5.10. The average molecular weight is 235 g/mol. The summed E-state index contributed by atoms with van der Waals surface area (Å²) in [5.41, 5.74) is 2.43. The molecule has 0 saturated carbocycles. The summed E-state index contributed by atoms with van der Waals surface area (Å²) in [5, 5.41) is 3.84. The van der Waals surface area contributed by atoms with E-state index in [2.05, 4.69) is 42.5 Å². The number of benzene rings is 2. The summed E-state index contributed by atoms with van der Waals surface area (Å²) in [4.78, 5) is 0. The first-order valence-corrected chi connectivity index (χ1v) is 6.68. The van der Waals surface area contributed by atoms with Gasteiger partial charge in [-0.05, 0) is 42.2 Å². The van der Waals surface area contributed by atoms with Gasteiger partial charge in [0.1, 0.15) is 0 Å². The lowest BCUT2D eigenvalue weighted by atomic mass is 9.95. The Balaban J connectivity index is 2.12. The molecule has 0 saturated heterocycles. The minimum Gasteiger partial charge on any atom is -0.212 e. The zero-order valence-corrected chi connectivity index (χ0v) is 10.3. The van der Waals surface area contributed by atoms with Gasteiger partial charge in [-0.25, -0.2) is 4.42 Å². The highest BCUT2D eigenvalue weighted by molar-refractivity contribution is 6.05. The highest BCUT2D eigenvalue weighted by Crippen LogP contribution is 2.31. The van der Waals surface area contributed by atoms with Gasteiger partial charge >= 0.3 is 11.3 Å². The van der Waals surface area contributed by atoms with E-state index in [9.17, 15) is 0 Å². The molecule has 0 unspecified atom stereocenters. The summed E-state index contributed by atoms with van der Waals surface area (Å²) in [6.45, 7) is 0. The summed E-state index contributed by atoms with van der Waals surface area (Å²) < 4.78 is 6.09. The van der Waals surface area contributed by atoms with Gasteiger partial charge in [0.15, 0.2) is 0 Å². The molecular weight excluding hydrogens is 220 g/mol. The Morgan fingerprint density at radius 2 is 1.72 bits per heavy atom. The second-order valence-electron chi connectivity index (χ2n) is 5.10. The van der Waals surface area contributed by atoms with E-state index in [0.29, 0.717) is 0 Å². The highest BCUT2D eigenvalue weighted by atomic mass is 16.3. The standard InChI is InChI=1S/C17H15O/c1-3-7-14-12(5-1)9-10-17-15(14)11-13-6-2-4-8-16(13)18-17/h1,3,5,7,9-11H,2,4,6,8H2/q+1. The molecule has 88 valence electrons. The van der Waals surface area contributed by atoms with Crippen molar-refractivity contribution >= 4 is 21.7 Å². The Hall–Kier alpha value is -1.89. The largest absolute Gasteiger partial charge is 0.360 e. The lowest BCUT2D eigenvalue weighted by molar-refractivity contribution is 0.489. The second kappa shape index (κ2) is 3.81. The first-order valence-electron chi connectivity index (χ1n) is 6.68. The van der Waals surface area contributed by atoms with Gasteiger partial charge in [0, 0.05) is 6.07 Å². The molecule has 1 nitrogen and oxygen atoms in total. The average Bonchev–Trinajstić information content (AvgIpc) is 2.45. The Bertz CT molecular complexity index is 743. The van der Waals surface area contributed by atoms with Crippen LogP contribution in [0, 0.1) is 0 Å². The van der Waals surface area contributed by atoms with Crippen molar-refractivity contribution in [2.45, 2.75) is 25.7 Å². The van der Waals surface area contributed by atoms with E-state index in [4.69, 9.17) is 4.42 Å². The molecule has 0 spiro atoms.